The van der Waals surface area contributed by atoms with Crippen molar-refractivity contribution in [2.45, 2.75) is 11.8 Å². The molecule has 0 aliphatic carbocycles. The average molecular weight is 393 g/mol. The maximum absolute atomic E-state index is 12.3. The van der Waals surface area contributed by atoms with Gasteiger partial charge in [-0.15, -0.1) is 0 Å². The number of rotatable bonds is 7. The first-order chi connectivity index (χ1) is 12.1. The molecule has 9 heteroatoms. The van der Waals surface area contributed by atoms with Crippen molar-refractivity contribution in [2.24, 2.45) is 0 Å². The summed E-state index contributed by atoms with van der Waals surface area (Å²) in [5, 5.41) is 9.18. The van der Waals surface area contributed by atoms with E-state index in [2.05, 4.69) is 4.72 Å². The minimum atomic E-state index is -3.76. The summed E-state index contributed by atoms with van der Waals surface area (Å²) in [6, 6.07) is 14.6. The summed E-state index contributed by atoms with van der Waals surface area (Å²) >= 11 is 0. The predicted molar refractivity (Wildman–Crippen MR) is 99.7 cm³/mol. The topological polar surface area (TPSA) is 107 Å². The Hall–Kier alpha value is -2.41. The quantitative estimate of drug-likeness (QED) is 0.769. The van der Waals surface area contributed by atoms with Crippen LogP contribution in [0.4, 0.5) is 5.69 Å². The molecule has 138 valence electrons. The van der Waals surface area contributed by atoms with Crippen LogP contribution in [0.5, 0.6) is 0 Å². The van der Waals surface area contributed by atoms with Crippen molar-refractivity contribution in [1.29, 1.82) is 5.26 Å². The predicted octanol–water partition coefficient (Wildman–Crippen LogP) is 1.61. The summed E-state index contributed by atoms with van der Waals surface area (Å²) < 4.78 is 52.3. The molecular formula is C17H19N3O4S2. The lowest BCUT2D eigenvalue weighted by Gasteiger charge is -2.23. The summed E-state index contributed by atoms with van der Waals surface area (Å²) in [4.78, 5) is 0.112. The maximum atomic E-state index is 12.3. The summed E-state index contributed by atoms with van der Waals surface area (Å²) in [7, 11) is -7.45. The zero-order valence-electron chi connectivity index (χ0n) is 14.4. The molecule has 1 N–H and O–H groups in total. The Labute approximate surface area is 154 Å². The van der Waals surface area contributed by atoms with E-state index in [0.29, 0.717) is 0 Å². The van der Waals surface area contributed by atoms with E-state index in [-0.39, 0.29) is 29.2 Å². The first kappa shape index (κ1) is 19.9. The molecule has 0 atom stereocenters. The fourth-order valence-electron chi connectivity index (χ4n) is 2.40. The van der Waals surface area contributed by atoms with E-state index in [4.69, 9.17) is 0 Å². The Morgan fingerprint density at radius 3 is 2.38 bits per heavy atom. The first-order valence-electron chi connectivity index (χ1n) is 7.68. The molecule has 0 radical (unpaired) electrons. The van der Waals surface area contributed by atoms with Gasteiger partial charge in [0.15, 0.2) is 0 Å². The standard InChI is InChI=1S/C17H19N3O4S2/c1-14-6-5-8-16(12-14)26(23,24)19-10-11-20(25(2,21)22)17-9-4-3-7-15(17)13-18/h3-9,12,19H,10-11H2,1-2H3. The Kier molecular flexibility index (Phi) is 6.02. The molecule has 0 aliphatic rings. The van der Waals surface area contributed by atoms with Crippen molar-refractivity contribution in [1.82, 2.24) is 4.72 Å². The number of benzene rings is 2. The third-order valence-corrected chi connectivity index (χ3v) is 6.24. The highest BCUT2D eigenvalue weighted by Gasteiger charge is 2.21. The zero-order chi connectivity index (χ0) is 19.4. The van der Waals surface area contributed by atoms with E-state index in [9.17, 15) is 22.1 Å². The van der Waals surface area contributed by atoms with E-state index in [1.54, 1.807) is 31.2 Å². The maximum Gasteiger partial charge on any atom is 0.240 e. The van der Waals surface area contributed by atoms with Crippen LogP contribution in [0.2, 0.25) is 0 Å². The molecule has 0 unspecified atom stereocenters. The Bertz CT molecular complexity index is 1040. The second-order valence-corrected chi connectivity index (χ2v) is 9.35. The van der Waals surface area contributed by atoms with E-state index in [0.717, 1.165) is 16.1 Å². The molecule has 7 nitrogen and oxygen atoms in total. The molecule has 2 aromatic carbocycles. The lowest BCUT2D eigenvalue weighted by molar-refractivity contribution is 0.578. The van der Waals surface area contributed by atoms with Crippen LogP contribution in [0.15, 0.2) is 53.4 Å². The summed E-state index contributed by atoms with van der Waals surface area (Å²) in [6.45, 7) is 1.51. The van der Waals surface area contributed by atoms with Crippen LogP contribution < -0.4 is 9.03 Å². The minimum absolute atomic E-state index is 0.112. The number of hydrogen-bond donors (Lipinski definition) is 1. The molecule has 0 saturated heterocycles. The molecule has 2 aromatic rings. The smallest absolute Gasteiger partial charge is 0.240 e. The van der Waals surface area contributed by atoms with Gasteiger partial charge in [0.05, 0.1) is 22.4 Å². The van der Waals surface area contributed by atoms with Gasteiger partial charge in [-0.1, -0.05) is 24.3 Å². The number of nitrogens with one attached hydrogen (secondary N) is 1. The van der Waals surface area contributed by atoms with Gasteiger partial charge < -0.3 is 0 Å². The van der Waals surface area contributed by atoms with Crippen LogP contribution in [0.1, 0.15) is 11.1 Å². The van der Waals surface area contributed by atoms with Crippen molar-refractivity contribution in [3.05, 3.63) is 59.7 Å². The van der Waals surface area contributed by atoms with Crippen LogP contribution in [0.3, 0.4) is 0 Å². The van der Waals surface area contributed by atoms with Crippen LogP contribution >= 0.6 is 0 Å². The van der Waals surface area contributed by atoms with Gasteiger partial charge in [-0.2, -0.15) is 5.26 Å². The molecule has 0 amide bonds. The number of nitriles is 1. The second kappa shape index (κ2) is 7.86. The van der Waals surface area contributed by atoms with Gasteiger partial charge in [0.1, 0.15) is 6.07 Å². The van der Waals surface area contributed by atoms with Crippen LogP contribution in [-0.4, -0.2) is 36.2 Å². The third-order valence-electron chi connectivity index (χ3n) is 3.60. The van der Waals surface area contributed by atoms with Crippen LogP contribution in [-0.2, 0) is 20.0 Å². The molecule has 0 heterocycles. The highest BCUT2D eigenvalue weighted by molar-refractivity contribution is 7.92. The monoisotopic (exact) mass is 393 g/mol. The van der Waals surface area contributed by atoms with Crippen LogP contribution in [0.25, 0.3) is 0 Å². The Morgan fingerprint density at radius 1 is 1.08 bits per heavy atom. The van der Waals surface area contributed by atoms with Gasteiger partial charge in [0.2, 0.25) is 20.0 Å². The summed E-state index contributed by atoms with van der Waals surface area (Å²) in [5.74, 6) is 0. The largest absolute Gasteiger partial charge is 0.268 e. The molecule has 0 bridgehead atoms. The highest BCUT2D eigenvalue weighted by atomic mass is 32.2. The number of sulfonamides is 2. The average Bonchev–Trinajstić information content (AvgIpc) is 2.57. The summed E-state index contributed by atoms with van der Waals surface area (Å²) in [5.41, 5.74) is 1.21. The molecule has 0 aromatic heterocycles. The Balaban J connectivity index is 2.20. The number of aryl methyl sites for hydroxylation is 1. The van der Waals surface area contributed by atoms with Crippen LogP contribution in [0, 0.1) is 18.3 Å². The van der Waals surface area contributed by atoms with Crippen molar-refractivity contribution < 1.29 is 16.8 Å². The fraction of sp³-hybridized carbons (Fsp3) is 0.235. The number of hydrogen-bond acceptors (Lipinski definition) is 5. The van der Waals surface area contributed by atoms with Gasteiger partial charge >= 0.3 is 0 Å². The van der Waals surface area contributed by atoms with Crippen molar-refractivity contribution in [3.63, 3.8) is 0 Å². The number of anilines is 1. The zero-order valence-corrected chi connectivity index (χ0v) is 16.0. The van der Waals surface area contributed by atoms with E-state index in [1.165, 1.54) is 24.3 Å². The van der Waals surface area contributed by atoms with Gasteiger partial charge in [-0.05, 0) is 36.8 Å². The molecule has 2 rings (SSSR count). The SMILES string of the molecule is Cc1cccc(S(=O)(=O)NCCN(c2ccccc2C#N)S(C)(=O)=O)c1. The number of para-hydroxylation sites is 1. The molecule has 0 fully saturated rings. The van der Waals surface area contributed by atoms with Gasteiger partial charge in [-0.3, -0.25) is 4.31 Å². The molecular weight excluding hydrogens is 374 g/mol. The normalized spacial score (nSPS) is 11.7. The second-order valence-electron chi connectivity index (χ2n) is 5.68. The molecule has 0 saturated carbocycles. The fourth-order valence-corrected chi connectivity index (χ4v) is 4.46. The molecule has 0 aliphatic heterocycles. The first-order valence-corrected chi connectivity index (χ1v) is 11.0. The third kappa shape index (κ3) is 4.82. The number of nitrogens with zero attached hydrogens (tertiary/aromatic N) is 2. The van der Waals surface area contributed by atoms with Crippen molar-refractivity contribution in [2.75, 3.05) is 23.7 Å². The van der Waals surface area contributed by atoms with E-state index in [1.807, 2.05) is 6.07 Å². The highest BCUT2D eigenvalue weighted by Crippen LogP contribution is 2.21. The lowest BCUT2D eigenvalue weighted by atomic mass is 10.2. The lowest BCUT2D eigenvalue weighted by Crippen LogP contribution is -2.38. The van der Waals surface area contributed by atoms with Gasteiger partial charge in [-0.25, -0.2) is 21.6 Å². The van der Waals surface area contributed by atoms with Crippen molar-refractivity contribution >= 4 is 25.7 Å². The van der Waals surface area contributed by atoms with E-state index >= 15 is 0 Å². The Morgan fingerprint density at radius 2 is 1.77 bits per heavy atom. The van der Waals surface area contributed by atoms with Crippen molar-refractivity contribution in [3.8, 4) is 6.07 Å². The van der Waals surface area contributed by atoms with Gasteiger partial charge in [0, 0.05) is 13.1 Å². The molecule has 0 spiro atoms. The summed E-state index contributed by atoms with van der Waals surface area (Å²) in [6.07, 6.45) is 1.01. The molecule has 26 heavy (non-hydrogen) atoms. The van der Waals surface area contributed by atoms with E-state index < -0.39 is 20.0 Å². The van der Waals surface area contributed by atoms with Gasteiger partial charge in [0.25, 0.3) is 0 Å². The minimum Gasteiger partial charge on any atom is -0.268 e.